The maximum Gasteiger partial charge on any atom is 0.188 e. The Morgan fingerprint density at radius 1 is 1.50 bits per heavy atom. The summed E-state index contributed by atoms with van der Waals surface area (Å²) in [6.07, 6.45) is 0.778. The van der Waals surface area contributed by atoms with Crippen LogP contribution >= 0.6 is 11.6 Å². The molecule has 0 saturated carbocycles. The molecule has 0 aromatic heterocycles. The highest BCUT2D eigenvalue weighted by molar-refractivity contribution is 6.31. The third kappa shape index (κ3) is 5.38. The molecule has 0 aliphatic rings. The molecule has 0 bridgehead atoms. The summed E-state index contributed by atoms with van der Waals surface area (Å²) in [5.41, 5.74) is 6.84. The minimum atomic E-state index is 0.152. The number of benzene rings is 1. The molecule has 18 heavy (non-hydrogen) atoms. The van der Waals surface area contributed by atoms with Gasteiger partial charge in [-0.2, -0.15) is 0 Å². The SMILES string of the molecule is COCC(C)NC(N)=NCCc1ccccc1Cl. The molecule has 4 nitrogen and oxygen atoms in total. The Hall–Kier alpha value is -1.26. The lowest BCUT2D eigenvalue weighted by Crippen LogP contribution is -2.40. The van der Waals surface area contributed by atoms with E-state index in [1.54, 1.807) is 7.11 Å². The third-order valence-electron chi connectivity index (χ3n) is 2.43. The van der Waals surface area contributed by atoms with Crippen LogP contribution in [0.4, 0.5) is 0 Å². The van der Waals surface area contributed by atoms with Crippen molar-refractivity contribution in [1.82, 2.24) is 5.32 Å². The summed E-state index contributed by atoms with van der Waals surface area (Å²) in [4.78, 5) is 4.25. The van der Waals surface area contributed by atoms with E-state index in [-0.39, 0.29) is 6.04 Å². The van der Waals surface area contributed by atoms with E-state index in [1.807, 2.05) is 31.2 Å². The van der Waals surface area contributed by atoms with Crippen LogP contribution < -0.4 is 11.1 Å². The third-order valence-corrected chi connectivity index (χ3v) is 2.80. The monoisotopic (exact) mass is 269 g/mol. The van der Waals surface area contributed by atoms with Crippen molar-refractivity contribution in [3.63, 3.8) is 0 Å². The summed E-state index contributed by atoms with van der Waals surface area (Å²) in [6, 6.07) is 7.90. The molecule has 0 fully saturated rings. The van der Waals surface area contributed by atoms with Crippen LogP contribution in [0.15, 0.2) is 29.3 Å². The molecule has 1 unspecified atom stereocenters. The highest BCUT2D eigenvalue weighted by atomic mass is 35.5. The standard InChI is InChI=1S/C13H20ClN3O/c1-10(9-18-2)17-13(15)16-8-7-11-5-3-4-6-12(11)14/h3-6,10H,7-9H2,1-2H3,(H3,15,16,17). The lowest BCUT2D eigenvalue weighted by Gasteiger charge is -2.13. The fraction of sp³-hybridized carbons (Fsp3) is 0.462. The Morgan fingerprint density at radius 3 is 2.89 bits per heavy atom. The van der Waals surface area contributed by atoms with Gasteiger partial charge in [0.25, 0.3) is 0 Å². The van der Waals surface area contributed by atoms with Crippen molar-refractivity contribution >= 4 is 17.6 Å². The summed E-state index contributed by atoms with van der Waals surface area (Å²) in [6.45, 7) is 3.20. The summed E-state index contributed by atoms with van der Waals surface area (Å²) >= 11 is 6.05. The maximum absolute atomic E-state index is 6.05. The lowest BCUT2D eigenvalue weighted by molar-refractivity contribution is 0.179. The number of guanidine groups is 1. The summed E-state index contributed by atoms with van der Waals surface area (Å²) in [7, 11) is 1.66. The highest BCUT2D eigenvalue weighted by Crippen LogP contribution is 2.15. The molecular weight excluding hydrogens is 250 g/mol. The zero-order valence-electron chi connectivity index (χ0n) is 10.8. The molecule has 0 aliphatic heterocycles. The summed E-state index contributed by atoms with van der Waals surface area (Å²) < 4.78 is 5.00. The fourth-order valence-electron chi connectivity index (χ4n) is 1.59. The normalized spacial score (nSPS) is 13.4. The van der Waals surface area contributed by atoms with Crippen LogP contribution in [0.2, 0.25) is 5.02 Å². The van der Waals surface area contributed by atoms with E-state index in [0.717, 1.165) is 17.0 Å². The number of hydrogen-bond acceptors (Lipinski definition) is 2. The molecule has 5 heteroatoms. The Labute approximate surface area is 113 Å². The van der Waals surface area contributed by atoms with Crippen LogP contribution in [-0.2, 0) is 11.2 Å². The van der Waals surface area contributed by atoms with Crippen LogP contribution in [0.1, 0.15) is 12.5 Å². The Morgan fingerprint density at radius 2 is 2.22 bits per heavy atom. The summed E-state index contributed by atoms with van der Waals surface area (Å²) in [5.74, 6) is 0.437. The molecule has 0 radical (unpaired) electrons. The minimum Gasteiger partial charge on any atom is -0.383 e. The fourth-order valence-corrected chi connectivity index (χ4v) is 1.82. The lowest BCUT2D eigenvalue weighted by atomic mass is 10.1. The van der Waals surface area contributed by atoms with Gasteiger partial charge in [0.05, 0.1) is 6.61 Å². The Bertz CT molecular complexity index is 396. The van der Waals surface area contributed by atoms with E-state index in [4.69, 9.17) is 22.1 Å². The number of aliphatic imine (C=N–C) groups is 1. The minimum absolute atomic E-state index is 0.152. The number of nitrogens with zero attached hydrogens (tertiary/aromatic N) is 1. The maximum atomic E-state index is 6.05. The van der Waals surface area contributed by atoms with Gasteiger partial charge in [-0.05, 0) is 25.0 Å². The summed E-state index contributed by atoms with van der Waals surface area (Å²) in [5, 5.41) is 3.82. The molecule has 0 aliphatic carbocycles. The van der Waals surface area contributed by atoms with Gasteiger partial charge in [-0.15, -0.1) is 0 Å². The first-order valence-corrected chi connectivity index (χ1v) is 6.30. The zero-order valence-corrected chi connectivity index (χ0v) is 11.6. The van der Waals surface area contributed by atoms with E-state index in [1.165, 1.54) is 0 Å². The second kappa shape index (κ2) is 7.95. The quantitative estimate of drug-likeness (QED) is 0.612. The van der Waals surface area contributed by atoms with Crippen molar-refractivity contribution in [2.45, 2.75) is 19.4 Å². The Balaban J connectivity index is 2.38. The van der Waals surface area contributed by atoms with Crippen LogP contribution in [-0.4, -0.2) is 32.3 Å². The first-order valence-electron chi connectivity index (χ1n) is 5.92. The van der Waals surface area contributed by atoms with E-state index in [0.29, 0.717) is 19.1 Å². The van der Waals surface area contributed by atoms with Gasteiger partial charge < -0.3 is 15.8 Å². The molecule has 0 spiro atoms. The number of halogens is 1. The van der Waals surface area contributed by atoms with E-state index < -0.39 is 0 Å². The molecule has 0 heterocycles. The smallest absolute Gasteiger partial charge is 0.188 e. The number of methoxy groups -OCH3 is 1. The van der Waals surface area contributed by atoms with Crippen LogP contribution in [0.25, 0.3) is 0 Å². The van der Waals surface area contributed by atoms with Gasteiger partial charge in [0.15, 0.2) is 5.96 Å². The van der Waals surface area contributed by atoms with Gasteiger partial charge in [-0.1, -0.05) is 29.8 Å². The highest BCUT2D eigenvalue weighted by Gasteiger charge is 2.02. The van der Waals surface area contributed by atoms with Crippen LogP contribution in [0.3, 0.4) is 0 Å². The molecule has 100 valence electrons. The Kier molecular flexibility index (Phi) is 6.54. The van der Waals surface area contributed by atoms with Gasteiger partial charge >= 0.3 is 0 Å². The molecule has 1 atom stereocenters. The molecular formula is C13H20ClN3O. The van der Waals surface area contributed by atoms with E-state index >= 15 is 0 Å². The van der Waals surface area contributed by atoms with Gasteiger partial charge in [0, 0.05) is 24.7 Å². The van der Waals surface area contributed by atoms with Crippen molar-refractivity contribution in [3.8, 4) is 0 Å². The second-order valence-corrected chi connectivity index (χ2v) is 4.52. The number of nitrogens with one attached hydrogen (secondary N) is 1. The van der Waals surface area contributed by atoms with Gasteiger partial charge in [-0.3, -0.25) is 4.99 Å². The van der Waals surface area contributed by atoms with Gasteiger partial charge in [0.2, 0.25) is 0 Å². The van der Waals surface area contributed by atoms with Gasteiger partial charge in [-0.25, -0.2) is 0 Å². The largest absolute Gasteiger partial charge is 0.383 e. The van der Waals surface area contributed by atoms with Crippen molar-refractivity contribution in [2.24, 2.45) is 10.7 Å². The average molecular weight is 270 g/mol. The first-order chi connectivity index (χ1) is 8.63. The molecule has 1 aromatic rings. The number of rotatable bonds is 6. The topological polar surface area (TPSA) is 59.6 Å². The number of nitrogens with two attached hydrogens (primary N) is 1. The van der Waals surface area contributed by atoms with Crippen molar-refractivity contribution in [1.29, 1.82) is 0 Å². The van der Waals surface area contributed by atoms with Crippen LogP contribution in [0, 0.1) is 0 Å². The number of hydrogen-bond donors (Lipinski definition) is 2. The van der Waals surface area contributed by atoms with E-state index in [2.05, 4.69) is 10.3 Å². The average Bonchev–Trinajstić information content (AvgIpc) is 2.31. The van der Waals surface area contributed by atoms with E-state index in [9.17, 15) is 0 Å². The predicted molar refractivity (Wildman–Crippen MR) is 76.1 cm³/mol. The molecule has 1 rings (SSSR count). The van der Waals surface area contributed by atoms with Gasteiger partial charge in [0.1, 0.15) is 0 Å². The second-order valence-electron chi connectivity index (χ2n) is 4.11. The van der Waals surface area contributed by atoms with Crippen LogP contribution in [0.5, 0.6) is 0 Å². The molecule has 0 amide bonds. The molecule has 1 aromatic carbocycles. The molecule has 0 saturated heterocycles. The molecule has 3 N–H and O–H groups in total. The predicted octanol–water partition coefficient (Wildman–Crippen LogP) is 1.82. The van der Waals surface area contributed by atoms with Crippen molar-refractivity contribution in [2.75, 3.05) is 20.3 Å². The zero-order chi connectivity index (χ0) is 13.4. The van der Waals surface area contributed by atoms with Crippen molar-refractivity contribution in [3.05, 3.63) is 34.9 Å². The first kappa shape index (κ1) is 14.8. The number of ether oxygens (including phenoxy) is 1. The van der Waals surface area contributed by atoms with Crippen molar-refractivity contribution < 1.29 is 4.74 Å².